The van der Waals surface area contributed by atoms with Crippen LogP contribution >= 0.6 is 0 Å². The van der Waals surface area contributed by atoms with Crippen molar-refractivity contribution in [3.8, 4) is 5.75 Å². The van der Waals surface area contributed by atoms with Crippen molar-refractivity contribution in [1.82, 2.24) is 9.78 Å². The normalized spacial score (nSPS) is 12.4. The molecule has 102 valence electrons. The Balaban J connectivity index is 1.92. The van der Waals surface area contributed by atoms with Crippen LogP contribution in [0.15, 0.2) is 30.6 Å². The van der Waals surface area contributed by atoms with Gasteiger partial charge in [-0.25, -0.2) is 0 Å². The van der Waals surface area contributed by atoms with Crippen LogP contribution in [-0.2, 0) is 13.5 Å². The zero-order valence-electron chi connectivity index (χ0n) is 11.8. The summed E-state index contributed by atoms with van der Waals surface area (Å²) in [5.41, 5.74) is 9.31. The van der Waals surface area contributed by atoms with Gasteiger partial charge in [0.05, 0.1) is 12.8 Å². The van der Waals surface area contributed by atoms with E-state index in [1.807, 2.05) is 45.4 Å². The molecule has 1 heterocycles. The molecule has 0 radical (unpaired) electrons. The van der Waals surface area contributed by atoms with Crippen LogP contribution < -0.4 is 10.5 Å². The summed E-state index contributed by atoms with van der Waals surface area (Å²) in [6, 6.07) is 6.17. The van der Waals surface area contributed by atoms with E-state index >= 15 is 0 Å². The average molecular weight is 259 g/mol. The van der Waals surface area contributed by atoms with Gasteiger partial charge in [-0.15, -0.1) is 0 Å². The van der Waals surface area contributed by atoms with Crippen LogP contribution in [0.5, 0.6) is 5.75 Å². The van der Waals surface area contributed by atoms with Crippen molar-refractivity contribution in [2.24, 2.45) is 12.8 Å². The van der Waals surface area contributed by atoms with Gasteiger partial charge < -0.3 is 10.5 Å². The van der Waals surface area contributed by atoms with Gasteiger partial charge in [-0.05, 0) is 36.6 Å². The summed E-state index contributed by atoms with van der Waals surface area (Å²) < 4.78 is 7.61. The van der Waals surface area contributed by atoms with Gasteiger partial charge in [0.1, 0.15) is 5.75 Å². The molecule has 1 aromatic heterocycles. The Kier molecular flexibility index (Phi) is 4.22. The first-order valence-electron chi connectivity index (χ1n) is 6.52. The van der Waals surface area contributed by atoms with Gasteiger partial charge >= 0.3 is 0 Å². The van der Waals surface area contributed by atoms with Gasteiger partial charge in [0.2, 0.25) is 0 Å². The lowest BCUT2D eigenvalue weighted by atomic mass is 10.1. The summed E-state index contributed by atoms with van der Waals surface area (Å²) in [6.07, 6.45) is 4.74. The van der Waals surface area contributed by atoms with E-state index in [2.05, 4.69) is 11.2 Å². The highest BCUT2D eigenvalue weighted by atomic mass is 16.5. The molecule has 2 aromatic rings. The maximum absolute atomic E-state index is 5.86. The molecule has 0 saturated carbocycles. The van der Waals surface area contributed by atoms with Crippen LogP contribution in [0.3, 0.4) is 0 Å². The number of ether oxygens (including phenoxy) is 1. The molecular formula is C15H21N3O. The van der Waals surface area contributed by atoms with Crippen LogP contribution in [-0.4, -0.2) is 16.4 Å². The van der Waals surface area contributed by atoms with Crippen LogP contribution in [0, 0.1) is 6.92 Å². The van der Waals surface area contributed by atoms with Crippen LogP contribution in [0.2, 0.25) is 0 Å². The van der Waals surface area contributed by atoms with Crippen molar-refractivity contribution in [3.05, 3.63) is 47.3 Å². The number of nitrogens with two attached hydrogens (primary N) is 1. The fraction of sp³-hybridized carbons (Fsp3) is 0.400. The number of rotatable bonds is 5. The molecule has 2 N–H and O–H groups in total. The Morgan fingerprint density at radius 2 is 2.21 bits per heavy atom. The van der Waals surface area contributed by atoms with Crippen molar-refractivity contribution < 1.29 is 4.74 Å². The monoisotopic (exact) mass is 259 g/mol. The Morgan fingerprint density at radius 3 is 2.79 bits per heavy atom. The Hall–Kier alpha value is -1.81. The summed E-state index contributed by atoms with van der Waals surface area (Å²) >= 11 is 0. The lowest BCUT2D eigenvalue weighted by Crippen LogP contribution is -2.06. The van der Waals surface area contributed by atoms with E-state index in [9.17, 15) is 0 Å². The van der Waals surface area contributed by atoms with Gasteiger partial charge in [0.15, 0.2) is 0 Å². The minimum atomic E-state index is 0.0585. The topological polar surface area (TPSA) is 53.1 Å². The lowest BCUT2D eigenvalue weighted by molar-refractivity contribution is 0.319. The number of benzene rings is 1. The first-order chi connectivity index (χ1) is 9.06. The Morgan fingerprint density at radius 1 is 1.42 bits per heavy atom. The van der Waals surface area contributed by atoms with Crippen molar-refractivity contribution in [2.45, 2.75) is 26.3 Å². The van der Waals surface area contributed by atoms with Crippen molar-refractivity contribution in [2.75, 3.05) is 6.61 Å². The van der Waals surface area contributed by atoms with E-state index in [1.165, 1.54) is 5.56 Å². The highest BCUT2D eigenvalue weighted by Gasteiger charge is 2.04. The number of aromatic nitrogens is 2. The number of aryl methyl sites for hydroxylation is 2. The van der Waals surface area contributed by atoms with Crippen molar-refractivity contribution >= 4 is 0 Å². The molecule has 4 heteroatoms. The third kappa shape index (κ3) is 3.58. The number of nitrogens with zero attached hydrogens (tertiary/aromatic N) is 2. The van der Waals surface area contributed by atoms with Crippen molar-refractivity contribution in [1.29, 1.82) is 0 Å². The second-order valence-corrected chi connectivity index (χ2v) is 4.93. The molecule has 0 aliphatic rings. The van der Waals surface area contributed by atoms with E-state index < -0.39 is 0 Å². The molecule has 0 saturated heterocycles. The number of hydrogen-bond donors (Lipinski definition) is 1. The summed E-state index contributed by atoms with van der Waals surface area (Å²) in [6.45, 7) is 4.69. The fourth-order valence-corrected chi connectivity index (χ4v) is 2.00. The molecule has 0 amide bonds. The molecule has 0 bridgehead atoms. The first kappa shape index (κ1) is 13.6. The minimum absolute atomic E-state index is 0.0585. The van der Waals surface area contributed by atoms with Crippen LogP contribution in [0.4, 0.5) is 0 Å². The molecule has 0 fully saturated rings. The zero-order valence-corrected chi connectivity index (χ0v) is 11.8. The SMILES string of the molecule is Cc1cc([C@H](C)N)ccc1OCCc1cnn(C)c1. The van der Waals surface area contributed by atoms with E-state index in [0.717, 1.165) is 23.3 Å². The minimum Gasteiger partial charge on any atom is -0.493 e. The standard InChI is InChI=1S/C15H21N3O/c1-11-8-14(12(2)16)4-5-15(11)19-7-6-13-9-17-18(3)10-13/h4-5,8-10,12H,6-7,16H2,1-3H3/t12-/m0/s1. The molecule has 0 aliphatic carbocycles. The fourth-order valence-electron chi connectivity index (χ4n) is 2.00. The number of hydrogen-bond acceptors (Lipinski definition) is 3. The van der Waals surface area contributed by atoms with Gasteiger partial charge in [-0.1, -0.05) is 12.1 Å². The van der Waals surface area contributed by atoms with Crippen LogP contribution in [0.1, 0.15) is 29.7 Å². The molecular weight excluding hydrogens is 238 g/mol. The molecule has 2 rings (SSSR count). The lowest BCUT2D eigenvalue weighted by Gasteiger charge is -2.12. The van der Waals surface area contributed by atoms with E-state index in [4.69, 9.17) is 10.5 Å². The third-order valence-electron chi connectivity index (χ3n) is 3.13. The van der Waals surface area contributed by atoms with Gasteiger partial charge in [-0.2, -0.15) is 5.10 Å². The predicted octanol–water partition coefficient (Wildman–Crippen LogP) is 2.37. The van der Waals surface area contributed by atoms with Crippen molar-refractivity contribution in [3.63, 3.8) is 0 Å². The first-order valence-corrected chi connectivity index (χ1v) is 6.52. The molecule has 4 nitrogen and oxygen atoms in total. The highest BCUT2D eigenvalue weighted by molar-refractivity contribution is 5.37. The molecule has 19 heavy (non-hydrogen) atoms. The summed E-state index contributed by atoms with van der Waals surface area (Å²) in [7, 11) is 1.92. The quantitative estimate of drug-likeness (QED) is 0.897. The van der Waals surface area contributed by atoms with E-state index in [-0.39, 0.29) is 6.04 Å². The summed E-state index contributed by atoms with van der Waals surface area (Å²) in [5.74, 6) is 0.924. The average Bonchev–Trinajstić information content (AvgIpc) is 2.77. The summed E-state index contributed by atoms with van der Waals surface area (Å²) in [5, 5.41) is 4.14. The van der Waals surface area contributed by atoms with E-state index in [1.54, 1.807) is 4.68 Å². The third-order valence-corrected chi connectivity index (χ3v) is 3.13. The predicted molar refractivity (Wildman–Crippen MR) is 76.2 cm³/mol. The molecule has 1 atom stereocenters. The maximum atomic E-state index is 5.86. The Labute approximate surface area is 114 Å². The van der Waals surface area contributed by atoms with E-state index in [0.29, 0.717) is 6.61 Å². The summed E-state index contributed by atoms with van der Waals surface area (Å²) in [4.78, 5) is 0. The smallest absolute Gasteiger partial charge is 0.122 e. The maximum Gasteiger partial charge on any atom is 0.122 e. The second-order valence-electron chi connectivity index (χ2n) is 4.93. The second kappa shape index (κ2) is 5.89. The van der Waals surface area contributed by atoms with Gasteiger partial charge in [0, 0.05) is 25.7 Å². The molecule has 1 aromatic carbocycles. The Bertz CT molecular complexity index is 546. The van der Waals surface area contributed by atoms with Gasteiger partial charge in [-0.3, -0.25) is 4.68 Å². The molecule has 0 aliphatic heterocycles. The van der Waals surface area contributed by atoms with Crippen LogP contribution in [0.25, 0.3) is 0 Å². The highest BCUT2D eigenvalue weighted by Crippen LogP contribution is 2.22. The van der Waals surface area contributed by atoms with Gasteiger partial charge in [0.25, 0.3) is 0 Å². The molecule has 0 spiro atoms. The largest absolute Gasteiger partial charge is 0.493 e. The zero-order chi connectivity index (χ0) is 13.8. The molecule has 0 unspecified atom stereocenters.